The minimum Gasteiger partial charge on any atom is -0.383 e. The van der Waals surface area contributed by atoms with Crippen molar-refractivity contribution in [3.05, 3.63) is 54.1 Å². The van der Waals surface area contributed by atoms with E-state index in [0.717, 1.165) is 22.0 Å². The maximum Gasteiger partial charge on any atom is 0.162 e. The molecule has 0 aliphatic carbocycles. The van der Waals surface area contributed by atoms with Crippen LogP contribution in [0.3, 0.4) is 0 Å². The molecule has 0 amide bonds. The van der Waals surface area contributed by atoms with E-state index in [1.54, 1.807) is 0 Å². The Morgan fingerprint density at radius 2 is 1.84 bits per heavy atom. The number of nitrogen functional groups attached to an aromatic ring is 1. The van der Waals surface area contributed by atoms with Gasteiger partial charge >= 0.3 is 0 Å². The number of nitrogens with zero attached hydrogens (tertiary/aromatic N) is 2. The summed E-state index contributed by atoms with van der Waals surface area (Å²) in [4.78, 5) is 8.87. The van der Waals surface area contributed by atoms with Gasteiger partial charge in [-0.1, -0.05) is 30.2 Å². The number of hydrogen-bond acceptors (Lipinski definition) is 3. The van der Waals surface area contributed by atoms with Crippen molar-refractivity contribution in [2.45, 2.75) is 0 Å². The maximum atomic E-state index is 5.97. The largest absolute Gasteiger partial charge is 0.383 e. The lowest BCUT2D eigenvalue weighted by atomic mass is 10.1. The molecule has 2 N–H and O–H groups in total. The summed E-state index contributed by atoms with van der Waals surface area (Å²) in [6, 6.07) is 15.2. The van der Waals surface area contributed by atoms with E-state index >= 15 is 0 Å². The Balaban J connectivity index is 2.23. The molecule has 0 saturated carbocycles. The summed E-state index contributed by atoms with van der Waals surface area (Å²) in [5, 5.41) is 0.861. The standard InChI is InChI=1S/C16H11N3/c1-2-11-6-5-7-12(10-11)16-18-14-9-4-3-8-13(14)15(17)19-16/h1,3-10H,(H2,17,18,19). The zero-order valence-corrected chi connectivity index (χ0v) is 10.2. The van der Waals surface area contributed by atoms with Crippen LogP contribution in [0, 0.1) is 12.3 Å². The van der Waals surface area contributed by atoms with Crippen LogP contribution in [0.4, 0.5) is 5.82 Å². The highest BCUT2D eigenvalue weighted by Gasteiger charge is 2.06. The second-order valence-corrected chi connectivity index (χ2v) is 4.17. The summed E-state index contributed by atoms with van der Waals surface area (Å²) in [6.07, 6.45) is 5.40. The quantitative estimate of drug-likeness (QED) is 0.671. The first-order valence-electron chi connectivity index (χ1n) is 5.87. The first-order valence-corrected chi connectivity index (χ1v) is 5.87. The average molecular weight is 245 g/mol. The van der Waals surface area contributed by atoms with Gasteiger partial charge in [0.15, 0.2) is 5.82 Å². The number of anilines is 1. The Morgan fingerprint density at radius 1 is 1.00 bits per heavy atom. The van der Waals surface area contributed by atoms with Gasteiger partial charge in [0.05, 0.1) is 5.52 Å². The fourth-order valence-corrected chi connectivity index (χ4v) is 1.98. The number of rotatable bonds is 1. The molecule has 0 radical (unpaired) electrons. The highest BCUT2D eigenvalue weighted by molar-refractivity contribution is 5.89. The lowest BCUT2D eigenvalue weighted by Gasteiger charge is -2.05. The third kappa shape index (κ3) is 2.00. The zero-order chi connectivity index (χ0) is 13.2. The van der Waals surface area contributed by atoms with Gasteiger partial charge in [0.2, 0.25) is 0 Å². The minimum absolute atomic E-state index is 0.478. The van der Waals surface area contributed by atoms with Crippen molar-refractivity contribution in [2.75, 3.05) is 5.73 Å². The van der Waals surface area contributed by atoms with Crippen LogP contribution in [0.5, 0.6) is 0 Å². The molecule has 19 heavy (non-hydrogen) atoms. The number of aromatic nitrogens is 2. The van der Waals surface area contributed by atoms with Crippen molar-refractivity contribution in [1.29, 1.82) is 0 Å². The highest BCUT2D eigenvalue weighted by Crippen LogP contribution is 2.23. The first kappa shape index (κ1) is 11.2. The van der Waals surface area contributed by atoms with Gasteiger partial charge in [-0.15, -0.1) is 6.42 Å². The molecule has 0 spiro atoms. The molecule has 3 rings (SSSR count). The van der Waals surface area contributed by atoms with E-state index in [0.29, 0.717) is 11.6 Å². The third-order valence-electron chi connectivity index (χ3n) is 2.92. The monoisotopic (exact) mass is 245 g/mol. The molecule has 1 aromatic heterocycles. The lowest BCUT2D eigenvalue weighted by Crippen LogP contribution is -1.97. The predicted molar refractivity (Wildman–Crippen MR) is 77.3 cm³/mol. The van der Waals surface area contributed by atoms with Crippen molar-refractivity contribution in [3.8, 4) is 23.7 Å². The number of terminal acetylenes is 1. The Labute approximate surface area is 111 Å². The van der Waals surface area contributed by atoms with Gasteiger partial charge in [0.25, 0.3) is 0 Å². The molecule has 0 fully saturated rings. The summed E-state index contributed by atoms with van der Waals surface area (Å²) in [5.41, 5.74) is 8.47. The van der Waals surface area contributed by atoms with Gasteiger partial charge in [-0.25, -0.2) is 9.97 Å². The number of benzene rings is 2. The molecular weight excluding hydrogens is 234 g/mol. The van der Waals surface area contributed by atoms with Crippen molar-refractivity contribution >= 4 is 16.7 Å². The molecule has 90 valence electrons. The molecule has 3 nitrogen and oxygen atoms in total. The molecule has 0 unspecified atom stereocenters. The van der Waals surface area contributed by atoms with Gasteiger partial charge in [-0.3, -0.25) is 0 Å². The van der Waals surface area contributed by atoms with Crippen molar-refractivity contribution < 1.29 is 0 Å². The van der Waals surface area contributed by atoms with Crippen molar-refractivity contribution in [2.24, 2.45) is 0 Å². The van der Waals surface area contributed by atoms with E-state index in [2.05, 4.69) is 15.9 Å². The molecular formula is C16H11N3. The fourth-order valence-electron chi connectivity index (χ4n) is 1.98. The SMILES string of the molecule is C#Cc1cccc(-c2nc(N)c3ccccc3n2)c1. The molecule has 3 aromatic rings. The zero-order valence-electron chi connectivity index (χ0n) is 10.2. The number of para-hydroxylation sites is 1. The molecule has 0 aliphatic heterocycles. The summed E-state index contributed by atoms with van der Waals surface area (Å²) < 4.78 is 0. The van der Waals surface area contributed by atoms with Gasteiger partial charge in [0, 0.05) is 16.5 Å². The Kier molecular flexibility index (Phi) is 2.62. The van der Waals surface area contributed by atoms with E-state index in [4.69, 9.17) is 12.2 Å². The number of fused-ring (bicyclic) bond motifs is 1. The normalized spacial score (nSPS) is 10.3. The van der Waals surface area contributed by atoms with Gasteiger partial charge in [-0.05, 0) is 24.3 Å². The van der Waals surface area contributed by atoms with Crippen LogP contribution in [0.1, 0.15) is 5.56 Å². The number of hydrogen-bond donors (Lipinski definition) is 1. The van der Waals surface area contributed by atoms with Crippen molar-refractivity contribution in [3.63, 3.8) is 0 Å². The molecule has 0 bridgehead atoms. The van der Waals surface area contributed by atoms with Gasteiger partial charge in [-0.2, -0.15) is 0 Å². The second-order valence-electron chi connectivity index (χ2n) is 4.17. The first-order chi connectivity index (χ1) is 9.28. The van der Waals surface area contributed by atoms with Gasteiger partial charge in [0.1, 0.15) is 5.82 Å². The van der Waals surface area contributed by atoms with Crippen LogP contribution in [0.25, 0.3) is 22.3 Å². The lowest BCUT2D eigenvalue weighted by molar-refractivity contribution is 1.23. The summed E-state index contributed by atoms with van der Waals surface area (Å²) >= 11 is 0. The van der Waals surface area contributed by atoms with E-state index in [9.17, 15) is 0 Å². The topological polar surface area (TPSA) is 51.8 Å². The van der Waals surface area contributed by atoms with Crippen LogP contribution in [0.2, 0.25) is 0 Å². The Bertz CT molecular complexity index is 800. The summed E-state index contributed by atoms with van der Waals surface area (Å²) in [5.74, 6) is 3.67. The van der Waals surface area contributed by atoms with Crippen LogP contribution < -0.4 is 5.73 Å². The average Bonchev–Trinajstić information content (AvgIpc) is 2.47. The van der Waals surface area contributed by atoms with Crippen molar-refractivity contribution in [1.82, 2.24) is 9.97 Å². The molecule has 0 aliphatic rings. The number of nitrogens with two attached hydrogens (primary N) is 1. The van der Waals surface area contributed by atoms with Crippen LogP contribution in [-0.2, 0) is 0 Å². The summed E-state index contributed by atoms with van der Waals surface area (Å²) in [6.45, 7) is 0. The van der Waals surface area contributed by atoms with Crippen LogP contribution in [-0.4, -0.2) is 9.97 Å². The molecule has 3 heteroatoms. The minimum atomic E-state index is 0.478. The van der Waals surface area contributed by atoms with E-state index < -0.39 is 0 Å². The molecule has 0 atom stereocenters. The molecule has 0 saturated heterocycles. The summed E-state index contributed by atoms with van der Waals surface area (Å²) in [7, 11) is 0. The molecule has 1 heterocycles. The third-order valence-corrected chi connectivity index (χ3v) is 2.92. The maximum absolute atomic E-state index is 5.97. The Hall–Kier alpha value is -2.86. The van der Waals surface area contributed by atoms with Crippen LogP contribution in [0.15, 0.2) is 48.5 Å². The Morgan fingerprint density at radius 3 is 2.68 bits per heavy atom. The van der Waals surface area contributed by atoms with E-state index in [1.807, 2.05) is 48.5 Å². The smallest absolute Gasteiger partial charge is 0.162 e. The highest BCUT2D eigenvalue weighted by atomic mass is 14.9. The van der Waals surface area contributed by atoms with E-state index in [-0.39, 0.29) is 0 Å². The second kappa shape index (κ2) is 4.43. The van der Waals surface area contributed by atoms with Crippen LogP contribution >= 0.6 is 0 Å². The predicted octanol–water partition coefficient (Wildman–Crippen LogP) is 2.86. The van der Waals surface area contributed by atoms with E-state index in [1.165, 1.54) is 0 Å². The van der Waals surface area contributed by atoms with Gasteiger partial charge < -0.3 is 5.73 Å². The fraction of sp³-hybridized carbons (Fsp3) is 0. The molecule has 2 aromatic carbocycles.